The first kappa shape index (κ1) is 39.4. The molecule has 0 N–H and O–H groups in total. The third-order valence-corrected chi connectivity index (χ3v) is 43.0. The van der Waals surface area contributed by atoms with Crippen LogP contribution in [0.15, 0.2) is 267 Å². The van der Waals surface area contributed by atoms with Crippen molar-refractivity contribution in [3.63, 3.8) is 0 Å². The van der Waals surface area contributed by atoms with E-state index in [4.69, 9.17) is 0 Å². The summed E-state index contributed by atoms with van der Waals surface area (Å²) in [4.78, 5) is 0. The summed E-state index contributed by atoms with van der Waals surface area (Å²) < 4.78 is 4.95. The Kier molecular flexibility index (Phi) is 9.92. The Labute approximate surface area is 386 Å². The molecule has 2 aromatic heterocycles. The molecule has 0 unspecified atom stereocenters. The molecule has 2 heterocycles. The standard InChI is InChI=1S/C60H44N2SeSi2/c1-6-24-47(25-7-1)64(48-26-8-2-9-27-48,49-28-10-3-11-29-49)63-65(50-30-12-4-13-31-50,51-32-14-5-15-33-51)52-34-22-23-45(43-52)61-59-40-21-18-37-55(59)56-44-46(41-42-60(56)61)62-57-38-19-16-35-53(57)54-36-17-20-39-58(54)62/h1-44H. The molecule has 0 aliphatic carbocycles. The second-order valence-electron chi connectivity index (χ2n) is 16.8. The average molecular weight is 928 g/mol. The normalized spacial score (nSPS) is 12.1. The van der Waals surface area contributed by atoms with E-state index >= 15 is 0 Å². The first-order chi connectivity index (χ1) is 32.2. The molecular weight excluding hydrogens is 884 g/mol. The van der Waals surface area contributed by atoms with E-state index in [1.807, 2.05) is 0 Å². The van der Waals surface area contributed by atoms with Crippen LogP contribution in [0.3, 0.4) is 0 Å². The van der Waals surface area contributed by atoms with E-state index in [0.717, 1.165) is 5.69 Å². The summed E-state index contributed by atoms with van der Waals surface area (Å²) >= 11 is 0.0451. The van der Waals surface area contributed by atoms with Crippen LogP contribution in [-0.4, -0.2) is 36.2 Å². The molecule has 0 radical (unpaired) electrons. The van der Waals surface area contributed by atoms with Crippen LogP contribution in [0.4, 0.5) is 0 Å². The summed E-state index contributed by atoms with van der Waals surface area (Å²) in [7, 11) is 0. The third kappa shape index (κ3) is 6.42. The molecule has 0 saturated heterocycles. The molecule has 0 spiro atoms. The second-order valence-corrected chi connectivity index (χ2v) is 35.3. The maximum atomic E-state index is 2.57. The van der Waals surface area contributed by atoms with E-state index in [0.29, 0.717) is 0 Å². The molecule has 2 nitrogen and oxygen atoms in total. The van der Waals surface area contributed by atoms with Crippen LogP contribution in [0, 0.1) is 0 Å². The van der Waals surface area contributed by atoms with E-state index < -0.39 is 13.4 Å². The van der Waals surface area contributed by atoms with Gasteiger partial charge in [-0.15, -0.1) is 0 Å². The zero-order valence-electron chi connectivity index (χ0n) is 35.7. The van der Waals surface area contributed by atoms with Gasteiger partial charge in [-0.25, -0.2) is 0 Å². The van der Waals surface area contributed by atoms with Crippen LogP contribution in [0.25, 0.3) is 55.0 Å². The first-order valence-corrected chi connectivity index (χ1v) is 31.3. The second kappa shape index (κ2) is 16.4. The number of benzene rings is 10. The summed E-state index contributed by atoms with van der Waals surface area (Å²) in [6, 6.07) is 101. The van der Waals surface area contributed by atoms with Crippen molar-refractivity contribution in [1.82, 2.24) is 9.13 Å². The molecule has 0 atom stereocenters. The van der Waals surface area contributed by atoms with Crippen molar-refractivity contribution >= 4 is 102 Å². The van der Waals surface area contributed by atoms with Gasteiger partial charge in [-0.3, -0.25) is 0 Å². The molecule has 0 fully saturated rings. The van der Waals surface area contributed by atoms with Gasteiger partial charge in [-0.05, 0) is 0 Å². The molecule has 5 heteroatoms. The molecule has 0 aliphatic rings. The van der Waals surface area contributed by atoms with E-state index in [9.17, 15) is 0 Å². The molecule has 10 aromatic carbocycles. The number of hydrogen-bond acceptors (Lipinski definition) is 0. The van der Waals surface area contributed by atoms with Crippen LogP contribution in [0.5, 0.6) is 0 Å². The molecule has 12 rings (SSSR count). The molecule has 0 bridgehead atoms. The number of aromatic nitrogens is 2. The van der Waals surface area contributed by atoms with Gasteiger partial charge in [-0.2, -0.15) is 0 Å². The third-order valence-electron chi connectivity index (χ3n) is 13.2. The van der Waals surface area contributed by atoms with Gasteiger partial charge < -0.3 is 0 Å². The fourth-order valence-corrected chi connectivity index (χ4v) is 48.2. The van der Waals surface area contributed by atoms with Gasteiger partial charge in [0.15, 0.2) is 0 Å². The minimum atomic E-state index is -2.88. The molecule has 12 aromatic rings. The van der Waals surface area contributed by atoms with Gasteiger partial charge in [-0.1, -0.05) is 36.4 Å². The minimum absolute atomic E-state index is 0.0451. The Balaban J connectivity index is 1.13. The van der Waals surface area contributed by atoms with E-state index in [1.165, 1.54) is 80.4 Å². The Hall–Kier alpha value is -7.25. The van der Waals surface area contributed by atoms with Gasteiger partial charge in [0, 0.05) is 0 Å². The van der Waals surface area contributed by atoms with Crippen molar-refractivity contribution in [2.75, 3.05) is 0 Å². The summed E-state index contributed by atoms with van der Waals surface area (Å²) in [6.45, 7) is -5.61. The van der Waals surface area contributed by atoms with Crippen molar-refractivity contribution in [2.45, 2.75) is 0 Å². The van der Waals surface area contributed by atoms with Gasteiger partial charge in [0.1, 0.15) is 0 Å². The Morgan fingerprint density at radius 1 is 0.231 bits per heavy atom. The number of nitrogens with zero attached hydrogens (tertiary/aromatic N) is 2. The topological polar surface area (TPSA) is 9.86 Å². The molecular formula is C60H44N2SeSi2. The van der Waals surface area contributed by atoms with Crippen LogP contribution in [0.2, 0.25) is 0 Å². The van der Waals surface area contributed by atoms with Gasteiger partial charge in [0.05, 0.1) is 0 Å². The Bertz CT molecular complexity index is 3440. The summed E-state index contributed by atoms with van der Waals surface area (Å²) in [5.41, 5.74) is 7.19. The van der Waals surface area contributed by atoms with Crippen molar-refractivity contribution in [1.29, 1.82) is 0 Å². The molecule has 0 aliphatic heterocycles. The maximum absolute atomic E-state index is 2.88. The van der Waals surface area contributed by atoms with E-state index in [-0.39, 0.29) is 13.7 Å². The average Bonchev–Trinajstić information content (AvgIpc) is 3.91. The number of rotatable bonds is 10. The summed E-state index contributed by atoms with van der Waals surface area (Å²) in [6.07, 6.45) is 0. The summed E-state index contributed by atoms with van der Waals surface area (Å²) in [5.74, 6) is 0. The van der Waals surface area contributed by atoms with Crippen molar-refractivity contribution < 1.29 is 0 Å². The first-order valence-electron chi connectivity index (χ1n) is 22.3. The van der Waals surface area contributed by atoms with Gasteiger partial charge in [0.2, 0.25) is 0 Å². The van der Waals surface area contributed by atoms with Crippen molar-refractivity contribution in [2.24, 2.45) is 0 Å². The van der Waals surface area contributed by atoms with Gasteiger partial charge >= 0.3 is 353 Å². The predicted molar refractivity (Wildman–Crippen MR) is 282 cm³/mol. The van der Waals surface area contributed by atoms with Crippen LogP contribution < -0.4 is 31.1 Å². The predicted octanol–water partition coefficient (Wildman–Crippen LogP) is 10.2. The molecule has 0 saturated carbocycles. The number of para-hydroxylation sites is 3. The molecule has 308 valence electrons. The molecule has 65 heavy (non-hydrogen) atoms. The zero-order valence-corrected chi connectivity index (χ0v) is 39.4. The SMILES string of the molecule is c1ccc([Si]([Se][Si](c2ccccc2)(c2ccccc2)c2cccc(-n3c4ccccc4c4cc(-n5c6ccccc6c6ccccc65)ccc43)c2)(c2ccccc2)c2ccccc2)cc1. The zero-order chi connectivity index (χ0) is 43.2. The van der Waals surface area contributed by atoms with Crippen LogP contribution in [-0.2, 0) is 0 Å². The Morgan fingerprint density at radius 3 is 0.954 bits per heavy atom. The van der Waals surface area contributed by atoms with Crippen molar-refractivity contribution in [3.8, 4) is 11.4 Å². The van der Waals surface area contributed by atoms with E-state index in [2.05, 4.69) is 276 Å². The molecule has 0 amide bonds. The summed E-state index contributed by atoms with van der Waals surface area (Å²) in [5, 5.41) is 13.7. The van der Waals surface area contributed by atoms with Gasteiger partial charge in [0.25, 0.3) is 0 Å². The monoisotopic (exact) mass is 928 g/mol. The quantitative estimate of drug-likeness (QED) is 0.0956. The van der Waals surface area contributed by atoms with Crippen LogP contribution in [0.1, 0.15) is 0 Å². The number of hydrogen-bond donors (Lipinski definition) is 0. The fraction of sp³-hybridized carbons (Fsp3) is 0. The number of fused-ring (bicyclic) bond motifs is 6. The Morgan fingerprint density at radius 2 is 0.538 bits per heavy atom. The fourth-order valence-electron chi connectivity index (χ4n) is 10.4. The van der Waals surface area contributed by atoms with Crippen molar-refractivity contribution in [3.05, 3.63) is 267 Å². The van der Waals surface area contributed by atoms with E-state index in [1.54, 1.807) is 0 Å². The van der Waals surface area contributed by atoms with Crippen LogP contribution >= 0.6 is 0 Å².